The van der Waals surface area contributed by atoms with Crippen molar-refractivity contribution in [1.29, 1.82) is 0 Å². The van der Waals surface area contributed by atoms with E-state index in [9.17, 15) is 9.18 Å². The standard InChI is InChI=1S/C15H23FN2O/c1-4-10(2)14(17)15(19)18-11(3)9-12-7-5-6-8-13(12)16/h5-8,10-11,14H,4,9,17H2,1-3H3,(H,18,19). The molecule has 3 N–H and O–H groups in total. The number of nitrogens with one attached hydrogen (secondary N) is 1. The molecule has 106 valence electrons. The lowest BCUT2D eigenvalue weighted by molar-refractivity contribution is -0.124. The Bertz CT molecular complexity index is 422. The molecule has 19 heavy (non-hydrogen) atoms. The van der Waals surface area contributed by atoms with Crippen LogP contribution in [0.15, 0.2) is 24.3 Å². The van der Waals surface area contributed by atoms with E-state index in [1.165, 1.54) is 6.07 Å². The van der Waals surface area contributed by atoms with Gasteiger partial charge in [-0.15, -0.1) is 0 Å². The topological polar surface area (TPSA) is 55.1 Å². The Balaban J connectivity index is 2.54. The molecular weight excluding hydrogens is 243 g/mol. The van der Waals surface area contributed by atoms with Gasteiger partial charge in [0, 0.05) is 6.04 Å². The second-order valence-corrected chi connectivity index (χ2v) is 5.12. The summed E-state index contributed by atoms with van der Waals surface area (Å²) in [5.41, 5.74) is 6.46. The number of nitrogens with two attached hydrogens (primary N) is 1. The van der Waals surface area contributed by atoms with Gasteiger partial charge in [-0.1, -0.05) is 38.5 Å². The molecule has 0 aromatic heterocycles. The second kappa shape index (κ2) is 7.24. The molecule has 3 atom stereocenters. The summed E-state index contributed by atoms with van der Waals surface area (Å²) in [5.74, 6) is -0.270. The second-order valence-electron chi connectivity index (χ2n) is 5.12. The maximum Gasteiger partial charge on any atom is 0.237 e. The zero-order valence-electron chi connectivity index (χ0n) is 11.8. The van der Waals surface area contributed by atoms with Crippen LogP contribution in [0.2, 0.25) is 0 Å². The van der Waals surface area contributed by atoms with Gasteiger partial charge in [0.2, 0.25) is 5.91 Å². The molecule has 0 bridgehead atoms. The van der Waals surface area contributed by atoms with Crippen LogP contribution in [0.25, 0.3) is 0 Å². The van der Waals surface area contributed by atoms with Crippen molar-refractivity contribution in [2.24, 2.45) is 11.7 Å². The number of rotatable bonds is 6. The fourth-order valence-electron chi connectivity index (χ4n) is 1.90. The van der Waals surface area contributed by atoms with Crippen LogP contribution in [0, 0.1) is 11.7 Å². The van der Waals surface area contributed by atoms with E-state index in [-0.39, 0.29) is 23.7 Å². The van der Waals surface area contributed by atoms with Crippen LogP contribution in [0.5, 0.6) is 0 Å². The van der Waals surface area contributed by atoms with Gasteiger partial charge in [-0.25, -0.2) is 4.39 Å². The van der Waals surface area contributed by atoms with Gasteiger partial charge in [-0.2, -0.15) is 0 Å². The van der Waals surface area contributed by atoms with Crippen LogP contribution in [0.4, 0.5) is 4.39 Å². The summed E-state index contributed by atoms with van der Waals surface area (Å²) < 4.78 is 13.5. The van der Waals surface area contributed by atoms with Crippen molar-refractivity contribution in [3.8, 4) is 0 Å². The zero-order chi connectivity index (χ0) is 14.4. The molecule has 3 nitrogen and oxygen atoms in total. The van der Waals surface area contributed by atoms with Gasteiger partial charge < -0.3 is 11.1 Å². The molecule has 0 heterocycles. The van der Waals surface area contributed by atoms with Crippen LogP contribution in [0.3, 0.4) is 0 Å². The van der Waals surface area contributed by atoms with E-state index in [1.807, 2.05) is 20.8 Å². The van der Waals surface area contributed by atoms with Gasteiger partial charge in [-0.3, -0.25) is 4.79 Å². The number of carbonyl (C=O) groups excluding carboxylic acids is 1. The van der Waals surface area contributed by atoms with E-state index >= 15 is 0 Å². The van der Waals surface area contributed by atoms with Crippen molar-refractivity contribution in [2.75, 3.05) is 0 Å². The maximum absolute atomic E-state index is 13.5. The van der Waals surface area contributed by atoms with E-state index in [2.05, 4.69) is 5.32 Å². The first-order chi connectivity index (χ1) is 8.95. The fourth-order valence-corrected chi connectivity index (χ4v) is 1.90. The number of hydrogen-bond acceptors (Lipinski definition) is 2. The Morgan fingerprint density at radius 3 is 2.58 bits per heavy atom. The van der Waals surface area contributed by atoms with Gasteiger partial charge in [0.15, 0.2) is 0 Å². The third kappa shape index (κ3) is 4.63. The summed E-state index contributed by atoms with van der Waals surface area (Å²) in [4.78, 5) is 11.9. The average Bonchev–Trinajstić information content (AvgIpc) is 2.39. The van der Waals surface area contributed by atoms with Crippen molar-refractivity contribution in [3.05, 3.63) is 35.6 Å². The quantitative estimate of drug-likeness (QED) is 0.829. The highest BCUT2D eigenvalue weighted by Crippen LogP contribution is 2.10. The van der Waals surface area contributed by atoms with E-state index in [0.717, 1.165) is 6.42 Å². The molecule has 0 aliphatic carbocycles. The number of hydrogen-bond donors (Lipinski definition) is 2. The molecule has 0 saturated carbocycles. The largest absolute Gasteiger partial charge is 0.352 e. The Morgan fingerprint density at radius 1 is 1.37 bits per heavy atom. The predicted octanol–water partition coefficient (Wildman–Crippen LogP) is 2.25. The number of halogens is 1. The van der Waals surface area contributed by atoms with Crippen LogP contribution < -0.4 is 11.1 Å². The molecule has 0 fully saturated rings. The van der Waals surface area contributed by atoms with E-state index < -0.39 is 6.04 Å². The summed E-state index contributed by atoms with van der Waals surface area (Å²) in [5, 5.41) is 2.84. The first kappa shape index (κ1) is 15.6. The van der Waals surface area contributed by atoms with Crippen molar-refractivity contribution in [3.63, 3.8) is 0 Å². The lowest BCUT2D eigenvalue weighted by atomic mass is 9.98. The monoisotopic (exact) mass is 266 g/mol. The molecule has 0 spiro atoms. The van der Waals surface area contributed by atoms with Crippen LogP contribution in [0.1, 0.15) is 32.8 Å². The molecule has 0 aliphatic rings. The number of benzene rings is 1. The maximum atomic E-state index is 13.5. The van der Waals surface area contributed by atoms with Crippen LogP contribution in [-0.4, -0.2) is 18.0 Å². The molecule has 1 rings (SSSR count). The molecule has 0 saturated heterocycles. The summed E-state index contributed by atoms with van der Waals surface area (Å²) in [6.45, 7) is 5.81. The summed E-state index contributed by atoms with van der Waals surface area (Å²) in [7, 11) is 0. The highest BCUT2D eigenvalue weighted by molar-refractivity contribution is 5.82. The SMILES string of the molecule is CCC(C)C(N)C(=O)NC(C)Cc1ccccc1F. The molecule has 1 aromatic rings. The molecule has 1 aromatic carbocycles. The minimum absolute atomic E-state index is 0.139. The normalized spacial score (nSPS) is 15.6. The Morgan fingerprint density at radius 2 is 2.00 bits per heavy atom. The average molecular weight is 266 g/mol. The van der Waals surface area contributed by atoms with Gasteiger partial charge in [0.1, 0.15) is 5.82 Å². The van der Waals surface area contributed by atoms with Crippen molar-refractivity contribution >= 4 is 5.91 Å². The smallest absolute Gasteiger partial charge is 0.237 e. The van der Waals surface area contributed by atoms with Crippen molar-refractivity contribution in [1.82, 2.24) is 5.32 Å². The third-order valence-electron chi connectivity index (χ3n) is 3.43. The van der Waals surface area contributed by atoms with Crippen molar-refractivity contribution < 1.29 is 9.18 Å². The minimum Gasteiger partial charge on any atom is -0.352 e. The molecule has 0 aliphatic heterocycles. The minimum atomic E-state index is -0.506. The number of carbonyl (C=O) groups is 1. The Labute approximate surface area is 114 Å². The van der Waals surface area contributed by atoms with Gasteiger partial charge >= 0.3 is 0 Å². The van der Waals surface area contributed by atoms with Crippen molar-refractivity contribution in [2.45, 2.75) is 45.7 Å². The summed E-state index contributed by atoms with van der Waals surface area (Å²) >= 11 is 0. The molecule has 4 heteroatoms. The summed E-state index contributed by atoms with van der Waals surface area (Å²) in [6.07, 6.45) is 1.32. The van der Waals surface area contributed by atoms with E-state index in [1.54, 1.807) is 18.2 Å². The van der Waals surface area contributed by atoms with Gasteiger partial charge in [0.25, 0.3) is 0 Å². The lowest BCUT2D eigenvalue weighted by Gasteiger charge is -2.21. The van der Waals surface area contributed by atoms with E-state index in [4.69, 9.17) is 5.73 Å². The first-order valence-electron chi connectivity index (χ1n) is 6.75. The Hall–Kier alpha value is -1.42. The molecule has 0 radical (unpaired) electrons. The first-order valence-corrected chi connectivity index (χ1v) is 6.75. The lowest BCUT2D eigenvalue weighted by Crippen LogP contribution is -2.48. The Kier molecular flexibility index (Phi) is 5.96. The summed E-state index contributed by atoms with van der Waals surface area (Å²) in [6, 6.07) is 5.95. The molecule has 1 amide bonds. The van der Waals surface area contributed by atoms with Crippen LogP contribution in [-0.2, 0) is 11.2 Å². The van der Waals surface area contributed by atoms with Gasteiger partial charge in [-0.05, 0) is 30.9 Å². The van der Waals surface area contributed by atoms with Crippen LogP contribution >= 0.6 is 0 Å². The molecular formula is C15H23FN2O. The fraction of sp³-hybridized carbons (Fsp3) is 0.533. The number of amides is 1. The van der Waals surface area contributed by atoms with Gasteiger partial charge in [0.05, 0.1) is 6.04 Å². The predicted molar refractivity (Wildman–Crippen MR) is 75.1 cm³/mol. The van der Waals surface area contributed by atoms with E-state index in [0.29, 0.717) is 12.0 Å². The zero-order valence-corrected chi connectivity index (χ0v) is 11.8. The molecule has 3 unspecified atom stereocenters. The highest BCUT2D eigenvalue weighted by Gasteiger charge is 2.21. The third-order valence-corrected chi connectivity index (χ3v) is 3.43. The highest BCUT2D eigenvalue weighted by atomic mass is 19.1.